The molecule has 3 aromatic rings. The largest absolute Gasteiger partial charge is 0.489 e. The van der Waals surface area contributed by atoms with E-state index in [0.717, 1.165) is 18.5 Å². The number of amides is 1. The fraction of sp³-hybridized carbons (Fsp3) is 0.190. The van der Waals surface area contributed by atoms with E-state index in [1.807, 2.05) is 24.3 Å². The van der Waals surface area contributed by atoms with Gasteiger partial charge in [0, 0.05) is 29.6 Å². The number of carbonyl (C=O) groups is 1. The molecule has 0 bridgehead atoms. The normalized spacial score (nSPS) is 10.4. The second-order valence-corrected chi connectivity index (χ2v) is 6.55. The highest BCUT2D eigenvalue weighted by Gasteiger charge is 2.08. The van der Waals surface area contributed by atoms with Crippen LogP contribution in [0.4, 0.5) is 11.6 Å². The third kappa shape index (κ3) is 5.69. The third-order valence-corrected chi connectivity index (χ3v) is 4.13. The second kappa shape index (κ2) is 9.71. The summed E-state index contributed by atoms with van der Waals surface area (Å²) in [7, 11) is 0. The fourth-order valence-corrected chi connectivity index (χ4v) is 2.48. The highest BCUT2D eigenvalue weighted by molar-refractivity contribution is 6.30. The summed E-state index contributed by atoms with van der Waals surface area (Å²) in [5.74, 6) is 0.958. The summed E-state index contributed by atoms with van der Waals surface area (Å²) in [6.07, 6.45) is 3.98. The number of benzene rings is 2. The van der Waals surface area contributed by atoms with E-state index in [1.54, 1.807) is 24.3 Å². The number of nitrogens with one attached hydrogen (secondary N) is 2. The second-order valence-electron chi connectivity index (χ2n) is 6.12. The maximum atomic E-state index is 12.3. The number of anilines is 2. The first kappa shape index (κ1) is 19.6. The molecule has 2 N–H and O–H groups in total. The Morgan fingerprint density at radius 2 is 1.71 bits per heavy atom. The molecule has 0 aliphatic rings. The maximum absolute atomic E-state index is 12.3. The number of ether oxygens (including phenoxy) is 1. The van der Waals surface area contributed by atoms with Crippen molar-refractivity contribution in [1.29, 1.82) is 0 Å². The predicted octanol–water partition coefficient (Wildman–Crippen LogP) is 4.78. The van der Waals surface area contributed by atoms with Gasteiger partial charge in [0.2, 0.25) is 5.95 Å². The molecule has 0 radical (unpaired) electrons. The van der Waals surface area contributed by atoms with Gasteiger partial charge in [-0.05, 0) is 48.4 Å². The molecule has 0 aliphatic carbocycles. The number of aromatic nitrogens is 2. The lowest BCUT2D eigenvalue weighted by atomic mass is 10.2. The molecule has 1 aromatic heterocycles. The Hall–Kier alpha value is -3.12. The molecule has 0 atom stereocenters. The molecule has 1 amide bonds. The van der Waals surface area contributed by atoms with Crippen molar-refractivity contribution < 1.29 is 9.53 Å². The van der Waals surface area contributed by atoms with Crippen molar-refractivity contribution in [3.63, 3.8) is 0 Å². The number of hydrogen-bond acceptors (Lipinski definition) is 5. The van der Waals surface area contributed by atoms with Crippen LogP contribution in [0.2, 0.25) is 5.02 Å². The van der Waals surface area contributed by atoms with E-state index in [2.05, 4.69) is 27.5 Å². The van der Waals surface area contributed by atoms with Gasteiger partial charge in [-0.25, -0.2) is 9.97 Å². The van der Waals surface area contributed by atoms with Gasteiger partial charge in [0.15, 0.2) is 0 Å². The van der Waals surface area contributed by atoms with Crippen LogP contribution in [0.5, 0.6) is 5.75 Å². The minimum atomic E-state index is -0.267. The van der Waals surface area contributed by atoms with Crippen LogP contribution in [0.1, 0.15) is 29.3 Å². The van der Waals surface area contributed by atoms with Crippen molar-refractivity contribution in [3.05, 3.63) is 77.1 Å². The van der Waals surface area contributed by atoms with E-state index in [-0.39, 0.29) is 5.91 Å². The number of carbonyl (C=O) groups excluding carboxylic acids is 1. The monoisotopic (exact) mass is 396 g/mol. The average Bonchev–Trinajstić information content (AvgIpc) is 2.73. The van der Waals surface area contributed by atoms with E-state index >= 15 is 0 Å². The third-order valence-electron chi connectivity index (χ3n) is 3.88. The summed E-state index contributed by atoms with van der Waals surface area (Å²) in [4.78, 5) is 20.6. The number of hydrogen-bond donors (Lipinski definition) is 2. The zero-order valence-corrected chi connectivity index (χ0v) is 16.2. The van der Waals surface area contributed by atoms with E-state index in [9.17, 15) is 4.79 Å². The van der Waals surface area contributed by atoms with Crippen molar-refractivity contribution in [2.24, 2.45) is 0 Å². The van der Waals surface area contributed by atoms with Crippen molar-refractivity contribution in [2.75, 3.05) is 17.2 Å². The van der Waals surface area contributed by atoms with Crippen LogP contribution in [0.25, 0.3) is 0 Å². The molecule has 144 valence electrons. The summed E-state index contributed by atoms with van der Waals surface area (Å²) < 4.78 is 5.74. The smallest absolute Gasteiger partial charge is 0.258 e. The molecule has 0 spiro atoms. The van der Waals surface area contributed by atoms with Gasteiger partial charge in [-0.1, -0.05) is 30.7 Å². The highest BCUT2D eigenvalue weighted by atomic mass is 35.5. The first-order valence-corrected chi connectivity index (χ1v) is 9.36. The van der Waals surface area contributed by atoms with Crippen LogP contribution in [-0.2, 0) is 6.61 Å². The van der Waals surface area contributed by atoms with Gasteiger partial charge >= 0.3 is 0 Å². The van der Waals surface area contributed by atoms with Crippen LogP contribution in [0.3, 0.4) is 0 Å². The zero-order valence-electron chi connectivity index (χ0n) is 15.5. The SMILES string of the molecule is CCCNc1ncc(C(=O)Nc2ccc(OCc3ccc(Cl)cc3)cc2)cn1. The Morgan fingerprint density at radius 3 is 2.36 bits per heavy atom. The molecule has 7 heteroatoms. The molecule has 0 saturated carbocycles. The molecular weight excluding hydrogens is 376 g/mol. The topological polar surface area (TPSA) is 76.1 Å². The maximum Gasteiger partial charge on any atom is 0.258 e. The first-order valence-electron chi connectivity index (χ1n) is 8.98. The van der Waals surface area contributed by atoms with Gasteiger partial charge in [0.05, 0.1) is 5.56 Å². The Labute approximate surface area is 168 Å². The molecule has 2 aromatic carbocycles. The molecule has 0 saturated heterocycles. The van der Waals surface area contributed by atoms with Crippen molar-refractivity contribution in [3.8, 4) is 5.75 Å². The zero-order chi connectivity index (χ0) is 19.8. The predicted molar refractivity (Wildman–Crippen MR) is 111 cm³/mol. The van der Waals surface area contributed by atoms with E-state index < -0.39 is 0 Å². The highest BCUT2D eigenvalue weighted by Crippen LogP contribution is 2.18. The first-order chi connectivity index (χ1) is 13.6. The average molecular weight is 397 g/mol. The quantitative estimate of drug-likeness (QED) is 0.572. The number of halogens is 1. The van der Waals surface area contributed by atoms with Gasteiger partial charge in [-0.2, -0.15) is 0 Å². The minimum absolute atomic E-state index is 0.267. The van der Waals surface area contributed by atoms with Crippen molar-refractivity contribution in [2.45, 2.75) is 20.0 Å². The minimum Gasteiger partial charge on any atom is -0.489 e. The Kier molecular flexibility index (Phi) is 6.81. The molecule has 28 heavy (non-hydrogen) atoms. The van der Waals surface area contributed by atoms with Crippen LogP contribution in [0.15, 0.2) is 60.9 Å². The molecule has 1 heterocycles. The molecular formula is C21H21ClN4O2. The number of nitrogens with zero attached hydrogens (tertiary/aromatic N) is 2. The van der Waals surface area contributed by atoms with E-state index in [0.29, 0.717) is 34.6 Å². The summed E-state index contributed by atoms with van der Waals surface area (Å²) in [6.45, 7) is 3.29. The fourth-order valence-electron chi connectivity index (χ4n) is 2.36. The molecule has 0 unspecified atom stereocenters. The van der Waals surface area contributed by atoms with Crippen LogP contribution in [0, 0.1) is 0 Å². The molecule has 0 aliphatic heterocycles. The molecule has 3 rings (SSSR count). The van der Waals surface area contributed by atoms with Crippen molar-refractivity contribution in [1.82, 2.24) is 9.97 Å². The number of rotatable bonds is 8. The van der Waals surface area contributed by atoms with Gasteiger partial charge < -0.3 is 15.4 Å². The van der Waals surface area contributed by atoms with Crippen LogP contribution in [-0.4, -0.2) is 22.4 Å². The lowest BCUT2D eigenvalue weighted by Crippen LogP contribution is -2.13. The Balaban J connectivity index is 1.53. The summed E-state index contributed by atoms with van der Waals surface area (Å²) in [6, 6.07) is 14.7. The lowest BCUT2D eigenvalue weighted by Gasteiger charge is -2.09. The summed E-state index contributed by atoms with van der Waals surface area (Å²) in [5.41, 5.74) is 2.08. The van der Waals surface area contributed by atoms with Gasteiger partial charge in [0.1, 0.15) is 12.4 Å². The lowest BCUT2D eigenvalue weighted by molar-refractivity contribution is 0.102. The van der Waals surface area contributed by atoms with Gasteiger partial charge in [0.25, 0.3) is 5.91 Å². The Bertz CT molecular complexity index is 897. The van der Waals surface area contributed by atoms with Crippen LogP contribution < -0.4 is 15.4 Å². The summed E-state index contributed by atoms with van der Waals surface area (Å²) in [5, 5.41) is 6.58. The van der Waals surface area contributed by atoms with Gasteiger partial charge in [-0.15, -0.1) is 0 Å². The Morgan fingerprint density at radius 1 is 1.04 bits per heavy atom. The summed E-state index contributed by atoms with van der Waals surface area (Å²) >= 11 is 5.87. The van der Waals surface area contributed by atoms with Crippen LogP contribution >= 0.6 is 11.6 Å². The van der Waals surface area contributed by atoms with Gasteiger partial charge in [-0.3, -0.25) is 4.79 Å². The van der Waals surface area contributed by atoms with E-state index in [4.69, 9.17) is 16.3 Å². The molecule has 6 nitrogen and oxygen atoms in total. The van der Waals surface area contributed by atoms with Crippen molar-refractivity contribution >= 4 is 29.1 Å². The standard InChI is InChI=1S/C21H21ClN4O2/c1-2-11-23-21-24-12-16(13-25-21)20(27)26-18-7-9-19(10-8-18)28-14-15-3-5-17(22)6-4-15/h3-10,12-13H,2,11,14H2,1H3,(H,26,27)(H,23,24,25). The molecule has 0 fully saturated rings. The van der Waals surface area contributed by atoms with E-state index in [1.165, 1.54) is 12.4 Å².